The van der Waals surface area contributed by atoms with Gasteiger partial charge in [-0.05, 0) is 93.4 Å². The zero-order chi connectivity index (χ0) is 33.7. The molecule has 0 aliphatic carbocycles. The highest BCUT2D eigenvalue weighted by Crippen LogP contribution is 2.43. The quantitative estimate of drug-likeness (QED) is 0.166. The summed E-state index contributed by atoms with van der Waals surface area (Å²) in [5.41, 5.74) is 13.8. The summed E-state index contributed by atoms with van der Waals surface area (Å²) in [6.07, 6.45) is 0.913. The van der Waals surface area contributed by atoms with E-state index in [2.05, 4.69) is 193 Å². The number of fused-ring (bicyclic) bond motifs is 6. The van der Waals surface area contributed by atoms with Crippen molar-refractivity contribution in [2.45, 2.75) is 6.42 Å². The largest absolute Gasteiger partial charge is 0.309 e. The van der Waals surface area contributed by atoms with Crippen molar-refractivity contribution < 1.29 is 0 Å². The summed E-state index contributed by atoms with van der Waals surface area (Å²) in [5, 5.41) is 5.19. The first-order valence-electron chi connectivity index (χ1n) is 17.5. The first kappa shape index (κ1) is 29.7. The van der Waals surface area contributed by atoms with Crippen LogP contribution in [0.4, 0.5) is 0 Å². The monoisotopic (exact) mass is 667 g/mol. The number of hydrogen-bond donors (Lipinski definition) is 0. The molecule has 0 aliphatic heterocycles. The van der Waals surface area contributed by atoms with Crippen molar-refractivity contribution in [3.8, 4) is 39.1 Å². The summed E-state index contributed by atoms with van der Waals surface area (Å²) in [6, 6.07) is 68.8. The maximum Gasteiger partial charge on any atom is 0.0541 e. The molecule has 8 aromatic carbocycles. The van der Waals surface area contributed by atoms with Crippen molar-refractivity contribution >= 4 is 53.3 Å². The van der Waals surface area contributed by atoms with Gasteiger partial charge >= 0.3 is 0 Å². The van der Waals surface area contributed by atoms with Gasteiger partial charge in [0, 0.05) is 36.6 Å². The van der Waals surface area contributed by atoms with E-state index in [1.807, 2.05) is 11.3 Å². The van der Waals surface area contributed by atoms with Crippen LogP contribution in [0.2, 0.25) is 0 Å². The zero-order valence-corrected chi connectivity index (χ0v) is 28.8. The predicted octanol–water partition coefficient (Wildman–Crippen LogP) is 13.7. The van der Waals surface area contributed by atoms with E-state index in [0.29, 0.717) is 0 Å². The molecule has 2 heteroatoms. The summed E-state index contributed by atoms with van der Waals surface area (Å²) in [4.78, 5) is 0. The van der Waals surface area contributed by atoms with Gasteiger partial charge in [0.1, 0.15) is 0 Å². The van der Waals surface area contributed by atoms with Crippen LogP contribution in [-0.2, 0) is 6.42 Å². The minimum Gasteiger partial charge on any atom is -0.309 e. The van der Waals surface area contributed by atoms with E-state index in [-0.39, 0.29) is 0 Å². The normalized spacial score (nSPS) is 11.6. The Bertz CT molecular complexity index is 2860. The molecule has 2 heterocycles. The highest BCUT2D eigenvalue weighted by molar-refractivity contribution is 7.26. The molecule has 0 aliphatic rings. The smallest absolute Gasteiger partial charge is 0.0541 e. The van der Waals surface area contributed by atoms with Crippen molar-refractivity contribution in [1.29, 1.82) is 0 Å². The molecule has 0 radical (unpaired) electrons. The third-order valence-electron chi connectivity index (χ3n) is 10.2. The Kier molecular flexibility index (Phi) is 7.14. The number of aromatic nitrogens is 1. The van der Waals surface area contributed by atoms with Crippen LogP contribution in [0.25, 0.3) is 81.0 Å². The number of rotatable bonds is 6. The molecule has 0 spiro atoms. The van der Waals surface area contributed by atoms with E-state index in [0.717, 1.165) is 6.42 Å². The highest BCUT2D eigenvalue weighted by Gasteiger charge is 2.16. The second-order valence-corrected chi connectivity index (χ2v) is 14.4. The third kappa shape index (κ3) is 5.24. The number of thiophene rings is 1. The van der Waals surface area contributed by atoms with Gasteiger partial charge in [0.2, 0.25) is 0 Å². The van der Waals surface area contributed by atoms with Gasteiger partial charge in [0.25, 0.3) is 0 Å². The Morgan fingerprint density at radius 1 is 0.373 bits per heavy atom. The van der Waals surface area contributed by atoms with Crippen LogP contribution in [0.3, 0.4) is 0 Å². The van der Waals surface area contributed by atoms with Crippen molar-refractivity contribution in [3.63, 3.8) is 0 Å². The first-order chi connectivity index (χ1) is 25.3. The molecule has 10 aromatic rings. The third-order valence-corrected chi connectivity index (χ3v) is 11.4. The van der Waals surface area contributed by atoms with Crippen molar-refractivity contribution in [1.82, 2.24) is 4.57 Å². The van der Waals surface area contributed by atoms with Crippen LogP contribution in [-0.4, -0.2) is 4.57 Å². The molecule has 0 unspecified atom stereocenters. The summed E-state index contributed by atoms with van der Waals surface area (Å²) in [6.45, 7) is 0. The lowest BCUT2D eigenvalue weighted by Gasteiger charge is -2.08. The van der Waals surface area contributed by atoms with E-state index in [4.69, 9.17) is 0 Å². The SMILES string of the molecule is c1ccc(-c2cccc(Cc3ccc(-c4ccc5sc6c(-c7ccc8c(c7)c7ccccc7n8-c7ccccc7)cccc6c5c4)cc3)c2)cc1. The van der Waals surface area contributed by atoms with Gasteiger partial charge in [-0.2, -0.15) is 0 Å². The molecule has 240 valence electrons. The molecule has 0 bridgehead atoms. The minimum absolute atomic E-state index is 0.913. The molecule has 0 saturated carbocycles. The summed E-state index contributed by atoms with van der Waals surface area (Å²) < 4.78 is 5.04. The van der Waals surface area contributed by atoms with E-state index in [1.54, 1.807) is 0 Å². The van der Waals surface area contributed by atoms with Gasteiger partial charge in [-0.1, -0.05) is 146 Å². The fourth-order valence-electron chi connectivity index (χ4n) is 7.74. The topological polar surface area (TPSA) is 4.93 Å². The van der Waals surface area contributed by atoms with Crippen molar-refractivity contribution in [2.24, 2.45) is 0 Å². The number of para-hydroxylation sites is 2. The predicted molar refractivity (Wildman–Crippen MR) is 219 cm³/mol. The summed E-state index contributed by atoms with van der Waals surface area (Å²) >= 11 is 1.90. The fraction of sp³-hybridized carbons (Fsp3) is 0.0204. The Morgan fingerprint density at radius 3 is 1.86 bits per heavy atom. The summed E-state index contributed by atoms with van der Waals surface area (Å²) in [7, 11) is 0. The van der Waals surface area contributed by atoms with E-state index in [1.165, 1.54) is 92.2 Å². The molecule has 1 nitrogen and oxygen atoms in total. The molecule has 51 heavy (non-hydrogen) atoms. The number of nitrogens with zero attached hydrogens (tertiary/aromatic N) is 1. The molecule has 0 N–H and O–H groups in total. The van der Waals surface area contributed by atoms with E-state index in [9.17, 15) is 0 Å². The highest BCUT2D eigenvalue weighted by atomic mass is 32.1. The van der Waals surface area contributed by atoms with Crippen LogP contribution in [0.5, 0.6) is 0 Å². The van der Waals surface area contributed by atoms with Crippen LogP contribution in [0.15, 0.2) is 188 Å². The zero-order valence-electron chi connectivity index (χ0n) is 28.0. The minimum atomic E-state index is 0.913. The maximum atomic E-state index is 2.39. The van der Waals surface area contributed by atoms with Gasteiger partial charge in [0.15, 0.2) is 0 Å². The molecule has 10 rings (SSSR count). The maximum absolute atomic E-state index is 2.39. The lowest BCUT2D eigenvalue weighted by molar-refractivity contribution is 1.18. The van der Waals surface area contributed by atoms with Gasteiger partial charge in [-0.25, -0.2) is 0 Å². The second-order valence-electron chi connectivity index (χ2n) is 13.4. The average Bonchev–Trinajstić information content (AvgIpc) is 3.74. The van der Waals surface area contributed by atoms with Crippen LogP contribution >= 0.6 is 11.3 Å². The lowest BCUT2D eigenvalue weighted by atomic mass is 9.97. The molecular formula is C49H33NS. The van der Waals surface area contributed by atoms with Gasteiger partial charge in [0.05, 0.1) is 11.0 Å². The van der Waals surface area contributed by atoms with E-state index < -0.39 is 0 Å². The Hall–Kier alpha value is -6.22. The molecule has 2 aromatic heterocycles. The van der Waals surface area contributed by atoms with Gasteiger partial charge in [-0.3, -0.25) is 0 Å². The van der Waals surface area contributed by atoms with Crippen LogP contribution in [0.1, 0.15) is 11.1 Å². The first-order valence-corrected chi connectivity index (χ1v) is 18.4. The molecule has 0 atom stereocenters. The van der Waals surface area contributed by atoms with Gasteiger partial charge in [-0.15, -0.1) is 11.3 Å². The molecule has 0 fully saturated rings. The van der Waals surface area contributed by atoms with Crippen LogP contribution in [0, 0.1) is 0 Å². The van der Waals surface area contributed by atoms with Crippen LogP contribution < -0.4 is 0 Å². The fourth-order valence-corrected chi connectivity index (χ4v) is 8.96. The Balaban J connectivity index is 0.991. The lowest BCUT2D eigenvalue weighted by Crippen LogP contribution is -1.92. The Labute approximate surface area is 301 Å². The average molecular weight is 668 g/mol. The van der Waals surface area contributed by atoms with Crippen molar-refractivity contribution in [3.05, 3.63) is 199 Å². The molecule has 0 saturated heterocycles. The van der Waals surface area contributed by atoms with E-state index >= 15 is 0 Å². The standard InChI is InChI=1S/C49H33NS/c1-3-12-35(13-4-1)37-14-9-11-34(30-37)29-33-21-23-36(24-22-33)38-26-28-48-45(31-38)43-19-10-18-41(49(43)51-48)39-25-27-47-44(32-39)42-17-7-8-20-46(42)50(47)40-15-5-2-6-16-40/h1-28,30-32H,29H2. The Morgan fingerprint density at radius 2 is 1.00 bits per heavy atom. The van der Waals surface area contributed by atoms with Gasteiger partial charge < -0.3 is 4.57 Å². The second kappa shape index (κ2) is 12.3. The number of hydrogen-bond acceptors (Lipinski definition) is 1. The molecular weight excluding hydrogens is 635 g/mol. The number of benzene rings is 8. The van der Waals surface area contributed by atoms with Crippen molar-refractivity contribution in [2.75, 3.05) is 0 Å². The summed E-state index contributed by atoms with van der Waals surface area (Å²) in [5.74, 6) is 0. The molecule has 0 amide bonds.